The molecule has 2 aromatic carbocycles. The van der Waals surface area contributed by atoms with Gasteiger partial charge >= 0.3 is 0 Å². The van der Waals surface area contributed by atoms with Crippen molar-refractivity contribution in [2.45, 2.75) is 32.5 Å². The minimum atomic E-state index is 0.0654. The van der Waals surface area contributed by atoms with Crippen LogP contribution in [0.2, 0.25) is 0 Å². The van der Waals surface area contributed by atoms with Gasteiger partial charge in [-0.25, -0.2) is 0 Å². The Hall–Kier alpha value is -2.00. The van der Waals surface area contributed by atoms with Gasteiger partial charge in [-0.1, -0.05) is 30.3 Å². The van der Waals surface area contributed by atoms with Crippen LogP contribution in [0.1, 0.15) is 25.0 Å². The average molecular weight is 282 g/mol. The van der Waals surface area contributed by atoms with E-state index in [2.05, 4.69) is 48.3 Å². The highest BCUT2D eigenvalue weighted by atomic mass is 16.3. The highest BCUT2D eigenvalue weighted by Crippen LogP contribution is 2.28. The second-order valence-corrected chi connectivity index (χ2v) is 6.39. The Morgan fingerprint density at radius 1 is 1.10 bits per heavy atom. The number of hydrogen-bond donors (Lipinski definition) is 2. The first kappa shape index (κ1) is 14.0. The Bertz CT molecular complexity index is 619. The van der Waals surface area contributed by atoms with Crippen molar-refractivity contribution >= 4 is 5.69 Å². The van der Waals surface area contributed by atoms with E-state index in [1.54, 1.807) is 12.1 Å². The van der Waals surface area contributed by atoms with Crippen LogP contribution in [-0.4, -0.2) is 17.2 Å². The number of phenolic OH excluding ortho intramolecular Hbond substituents is 1. The van der Waals surface area contributed by atoms with Gasteiger partial charge in [0.1, 0.15) is 5.75 Å². The molecule has 0 saturated heterocycles. The summed E-state index contributed by atoms with van der Waals surface area (Å²) in [6, 6.07) is 16.1. The van der Waals surface area contributed by atoms with E-state index >= 15 is 0 Å². The molecule has 0 aliphatic carbocycles. The van der Waals surface area contributed by atoms with Crippen molar-refractivity contribution in [3.63, 3.8) is 0 Å². The number of benzene rings is 2. The lowest BCUT2D eigenvalue weighted by Crippen LogP contribution is -2.46. The maximum atomic E-state index is 9.42. The number of hydrogen-bond acceptors (Lipinski definition) is 3. The van der Waals surface area contributed by atoms with Gasteiger partial charge in [0.25, 0.3) is 0 Å². The summed E-state index contributed by atoms with van der Waals surface area (Å²) in [6.45, 7) is 7.17. The molecule has 0 amide bonds. The fourth-order valence-electron chi connectivity index (χ4n) is 2.88. The van der Waals surface area contributed by atoms with E-state index in [1.807, 2.05) is 12.1 Å². The predicted molar refractivity (Wildman–Crippen MR) is 86.5 cm³/mol. The van der Waals surface area contributed by atoms with Gasteiger partial charge in [-0.2, -0.15) is 0 Å². The Balaban J connectivity index is 1.92. The van der Waals surface area contributed by atoms with Crippen molar-refractivity contribution in [1.29, 1.82) is 0 Å². The normalized spacial score (nSPS) is 17.1. The number of aromatic hydroxyl groups is 1. The summed E-state index contributed by atoms with van der Waals surface area (Å²) in [5.41, 5.74) is 3.90. The van der Waals surface area contributed by atoms with Gasteiger partial charge in [-0.15, -0.1) is 0 Å². The molecular weight excluding hydrogens is 260 g/mol. The molecule has 2 N–H and O–H groups in total. The second kappa shape index (κ2) is 5.41. The minimum absolute atomic E-state index is 0.0654. The van der Waals surface area contributed by atoms with Crippen LogP contribution in [0.15, 0.2) is 48.5 Å². The Morgan fingerprint density at radius 2 is 1.81 bits per heavy atom. The molecule has 1 heterocycles. The zero-order valence-corrected chi connectivity index (χ0v) is 12.6. The van der Waals surface area contributed by atoms with Gasteiger partial charge in [0, 0.05) is 30.9 Å². The monoisotopic (exact) mass is 282 g/mol. The largest absolute Gasteiger partial charge is 0.508 e. The topological polar surface area (TPSA) is 35.5 Å². The fraction of sp³-hybridized carbons (Fsp3) is 0.333. The zero-order valence-electron chi connectivity index (χ0n) is 12.6. The van der Waals surface area contributed by atoms with Crippen LogP contribution in [0.25, 0.3) is 0 Å². The van der Waals surface area contributed by atoms with Crippen LogP contribution in [-0.2, 0) is 13.1 Å². The van der Waals surface area contributed by atoms with E-state index < -0.39 is 0 Å². The molecule has 2 aromatic rings. The molecule has 0 radical (unpaired) electrons. The Morgan fingerprint density at radius 3 is 2.57 bits per heavy atom. The summed E-state index contributed by atoms with van der Waals surface area (Å²) >= 11 is 0. The van der Waals surface area contributed by atoms with Crippen molar-refractivity contribution in [2.75, 3.05) is 11.4 Å². The van der Waals surface area contributed by atoms with Gasteiger partial charge in [-0.3, -0.25) is 0 Å². The van der Waals surface area contributed by atoms with Crippen molar-refractivity contribution in [1.82, 2.24) is 5.32 Å². The van der Waals surface area contributed by atoms with Crippen molar-refractivity contribution in [3.05, 3.63) is 59.7 Å². The molecule has 3 rings (SSSR count). The molecule has 0 unspecified atom stereocenters. The lowest BCUT2D eigenvalue weighted by atomic mass is 10.0. The van der Waals surface area contributed by atoms with E-state index in [1.165, 1.54) is 16.8 Å². The molecule has 0 saturated carbocycles. The van der Waals surface area contributed by atoms with Gasteiger partial charge in [-0.05, 0) is 43.2 Å². The summed E-state index contributed by atoms with van der Waals surface area (Å²) in [6.07, 6.45) is 0. The summed E-state index contributed by atoms with van der Waals surface area (Å²) in [5.74, 6) is 0.317. The molecule has 110 valence electrons. The average Bonchev–Trinajstić information content (AvgIpc) is 2.59. The number of nitrogens with zero attached hydrogens (tertiary/aromatic N) is 1. The lowest BCUT2D eigenvalue weighted by Gasteiger charge is -2.32. The Kier molecular flexibility index (Phi) is 3.60. The molecule has 1 aliphatic rings. The van der Waals surface area contributed by atoms with Gasteiger partial charge in [0.15, 0.2) is 0 Å². The SMILES string of the molecule is CC1(C)CN(Cc2ccc(O)cc2)c2ccccc2CN1. The minimum Gasteiger partial charge on any atom is -0.508 e. The highest BCUT2D eigenvalue weighted by molar-refractivity contribution is 5.55. The van der Waals surface area contributed by atoms with Crippen LogP contribution < -0.4 is 10.2 Å². The van der Waals surface area contributed by atoms with Gasteiger partial charge < -0.3 is 15.3 Å². The van der Waals surface area contributed by atoms with Crippen LogP contribution in [0.4, 0.5) is 5.69 Å². The number of nitrogens with one attached hydrogen (secondary N) is 1. The lowest BCUT2D eigenvalue weighted by molar-refractivity contribution is 0.395. The number of para-hydroxylation sites is 1. The summed E-state index contributed by atoms with van der Waals surface area (Å²) < 4.78 is 0. The molecule has 0 aromatic heterocycles. The van der Waals surface area contributed by atoms with Crippen LogP contribution in [0.3, 0.4) is 0 Å². The van der Waals surface area contributed by atoms with E-state index in [0.717, 1.165) is 19.6 Å². The summed E-state index contributed by atoms with van der Waals surface area (Å²) in [4.78, 5) is 2.42. The first-order chi connectivity index (χ1) is 10.0. The third-order valence-electron chi connectivity index (χ3n) is 3.99. The third-order valence-corrected chi connectivity index (χ3v) is 3.99. The smallest absolute Gasteiger partial charge is 0.115 e. The van der Waals surface area contributed by atoms with E-state index in [9.17, 15) is 5.11 Å². The molecule has 3 heteroatoms. The first-order valence-corrected chi connectivity index (χ1v) is 7.39. The number of rotatable bonds is 2. The predicted octanol–water partition coefficient (Wildman–Crippen LogP) is 3.28. The zero-order chi connectivity index (χ0) is 14.9. The van der Waals surface area contributed by atoms with Crippen molar-refractivity contribution in [3.8, 4) is 5.75 Å². The van der Waals surface area contributed by atoms with Crippen LogP contribution >= 0.6 is 0 Å². The standard InChI is InChI=1S/C18H22N2O/c1-18(2)13-20(12-14-7-9-16(21)10-8-14)17-6-4-3-5-15(17)11-19-18/h3-10,19,21H,11-13H2,1-2H3. The molecule has 0 atom stereocenters. The van der Waals surface area contributed by atoms with E-state index in [4.69, 9.17) is 0 Å². The second-order valence-electron chi connectivity index (χ2n) is 6.39. The maximum absolute atomic E-state index is 9.42. The van der Waals surface area contributed by atoms with E-state index in [0.29, 0.717) is 5.75 Å². The number of phenols is 1. The third kappa shape index (κ3) is 3.19. The van der Waals surface area contributed by atoms with E-state index in [-0.39, 0.29) is 5.54 Å². The highest BCUT2D eigenvalue weighted by Gasteiger charge is 2.26. The molecule has 0 spiro atoms. The first-order valence-electron chi connectivity index (χ1n) is 7.39. The molecule has 0 fully saturated rings. The quantitative estimate of drug-likeness (QED) is 0.887. The molecular formula is C18H22N2O. The Labute approximate surface area is 126 Å². The fourth-order valence-corrected chi connectivity index (χ4v) is 2.88. The molecule has 1 aliphatic heterocycles. The van der Waals surface area contributed by atoms with Crippen LogP contribution in [0.5, 0.6) is 5.75 Å². The van der Waals surface area contributed by atoms with Crippen molar-refractivity contribution in [2.24, 2.45) is 0 Å². The molecule has 0 bridgehead atoms. The van der Waals surface area contributed by atoms with Crippen LogP contribution in [0, 0.1) is 0 Å². The number of anilines is 1. The summed E-state index contributed by atoms with van der Waals surface area (Å²) in [5, 5.41) is 13.0. The molecule has 3 nitrogen and oxygen atoms in total. The van der Waals surface area contributed by atoms with Crippen molar-refractivity contribution < 1.29 is 5.11 Å². The number of fused-ring (bicyclic) bond motifs is 1. The van der Waals surface area contributed by atoms with Gasteiger partial charge in [0.05, 0.1) is 0 Å². The summed E-state index contributed by atoms with van der Waals surface area (Å²) in [7, 11) is 0. The molecule has 21 heavy (non-hydrogen) atoms. The van der Waals surface area contributed by atoms with Gasteiger partial charge in [0.2, 0.25) is 0 Å². The maximum Gasteiger partial charge on any atom is 0.115 e.